The van der Waals surface area contributed by atoms with E-state index in [1.807, 2.05) is 38.1 Å². The molecule has 2 aromatic carbocycles. The zero-order valence-corrected chi connectivity index (χ0v) is 14.8. The highest BCUT2D eigenvalue weighted by Gasteiger charge is 2.09. The molecule has 1 heterocycles. The van der Waals surface area contributed by atoms with Gasteiger partial charge in [0, 0.05) is 23.1 Å². The minimum absolute atomic E-state index is 0.189. The molecule has 0 atom stereocenters. The molecule has 1 aromatic heterocycles. The molecule has 3 aromatic rings. The lowest BCUT2D eigenvalue weighted by molar-refractivity contribution is 0.102. The number of aromatic amines is 1. The summed E-state index contributed by atoms with van der Waals surface area (Å²) in [6.07, 6.45) is 1.46. The molecule has 1 amide bonds. The summed E-state index contributed by atoms with van der Waals surface area (Å²) in [5.74, 6) is -0.0278. The summed E-state index contributed by atoms with van der Waals surface area (Å²) >= 11 is 0. The van der Waals surface area contributed by atoms with Crippen LogP contribution < -0.4 is 10.6 Å². The number of allylic oxidation sites excluding steroid dienone is 1. The number of aryl methyl sites for hydroxylation is 2. The van der Waals surface area contributed by atoms with Gasteiger partial charge in [0.15, 0.2) is 0 Å². The Balaban J connectivity index is 1.75. The van der Waals surface area contributed by atoms with Gasteiger partial charge in [-0.25, -0.2) is 0 Å². The van der Waals surface area contributed by atoms with Gasteiger partial charge in [-0.15, -0.1) is 10.2 Å². The standard InChI is InChI=1S/C19H17N7O/c1-12-6-13(2)8-17(7-12)22-19(27)14-4-3-5-16(9-14)21-11-15(10-20)18-23-25-26-24-18/h3-9,11,21H,1-2H3,(H,22,27)(H,23,24,25,26). The summed E-state index contributed by atoms with van der Waals surface area (Å²) in [4.78, 5) is 12.5. The predicted octanol–water partition coefficient (Wildman–Crippen LogP) is 3.05. The van der Waals surface area contributed by atoms with E-state index in [4.69, 9.17) is 0 Å². The number of hydrogen-bond donors (Lipinski definition) is 3. The molecule has 8 nitrogen and oxygen atoms in total. The number of tetrazole rings is 1. The molecule has 27 heavy (non-hydrogen) atoms. The largest absolute Gasteiger partial charge is 0.360 e. The van der Waals surface area contributed by atoms with Crippen molar-refractivity contribution in [2.45, 2.75) is 13.8 Å². The molecular formula is C19H17N7O. The first-order valence-corrected chi connectivity index (χ1v) is 8.15. The van der Waals surface area contributed by atoms with Crippen LogP contribution in [0.3, 0.4) is 0 Å². The van der Waals surface area contributed by atoms with E-state index in [-0.39, 0.29) is 17.3 Å². The number of nitriles is 1. The number of anilines is 2. The second-order valence-electron chi connectivity index (χ2n) is 5.96. The number of nitrogens with one attached hydrogen (secondary N) is 3. The Kier molecular flexibility index (Phi) is 5.23. The smallest absolute Gasteiger partial charge is 0.255 e. The summed E-state index contributed by atoms with van der Waals surface area (Å²) in [5.41, 5.74) is 4.27. The normalized spacial score (nSPS) is 10.9. The van der Waals surface area contributed by atoms with Crippen LogP contribution in [0, 0.1) is 25.2 Å². The Morgan fingerprint density at radius 1 is 1.15 bits per heavy atom. The van der Waals surface area contributed by atoms with E-state index in [0.29, 0.717) is 11.3 Å². The minimum atomic E-state index is -0.216. The molecule has 0 aliphatic carbocycles. The number of amides is 1. The molecule has 0 saturated heterocycles. The number of carbonyl (C=O) groups is 1. The SMILES string of the molecule is Cc1cc(C)cc(NC(=O)c2cccc(NC=C(C#N)c3nn[nH]n3)c2)c1. The Bertz CT molecular complexity index is 1010. The Hall–Kier alpha value is -3.99. The van der Waals surface area contributed by atoms with Crippen LogP contribution in [0.4, 0.5) is 11.4 Å². The molecule has 0 radical (unpaired) electrons. The number of carbonyl (C=O) groups excluding carboxylic acids is 1. The van der Waals surface area contributed by atoms with E-state index in [1.165, 1.54) is 6.20 Å². The lowest BCUT2D eigenvalue weighted by atomic mass is 10.1. The number of hydrogen-bond acceptors (Lipinski definition) is 6. The van der Waals surface area contributed by atoms with E-state index in [2.05, 4.69) is 31.3 Å². The van der Waals surface area contributed by atoms with E-state index in [1.54, 1.807) is 24.3 Å². The molecule has 8 heteroatoms. The lowest BCUT2D eigenvalue weighted by Crippen LogP contribution is -2.12. The van der Waals surface area contributed by atoms with Gasteiger partial charge in [-0.05, 0) is 60.5 Å². The van der Waals surface area contributed by atoms with Gasteiger partial charge in [0.1, 0.15) is 11.6 Å². The van der Waals surface area contributed by atoms with Crippen LogP contribution in [-0.4, -0.2) is 26.5 Å². The summed E-state index contributed by atoms with van der Waals surface area (Å²) < 4.78 is 0. The third-order valence-electron chi connectivity index (χ3n) is 3.69. The summed E-state index contributed by atoms with van der Waals surface area (Å²) in [5, 5.41) is 28.3. The van der Waals surface area contributed by atoms with Crippen LogP contribution in [0.25, 0.3) is 5.57 Å². The van der Waals surface area contributed by atoms with Crippen LogP contribution >= 0.6 is 0 Å². The Labute approximate surface area is 155 Å². The molecule has 0 unspecified atom stereocenters. The van der Waals surface area contributed by atoms with Crippen molar-refractivity contribution in [1.82, 2.24) is 20.6 Å². The fourth-order valence-electron chi connectivity index (χ4n) is 2.58. The van der Waals surface area contributed by atoms with Crippen molar-refractivity contribution in [2.24, 2.45) is 0 Å². The molecule has 134 valence electrons. The number of nitrogens with zero attached hydrogens (tertiary/aromatic N) is 4. The van der Waals surface area contributed by atoms with Crippen LogP contribution in [0.15, 0.2) is 48.7 Å². The topological polar surface area (TPSA) is 119 Å². The molecule has 0 saturated carbocycles. The molecule has 0 fully saturated rings. The van der Waals surface area contributed by atoms with Gasteiger partial charge < -0.3 is 10.6 Å². The average molecular weight is 359 g/mol. The van der Waals surface area contributed by atoms with Gasteiger partial charge in [0.2, 0.25) is 5.82 Å². The average Bonchev–Trinajstić information content (AvgIpc) is 3.16. The first-order valence-electron chi connectivity index (χ1n) is 8.15. The van der Waals surface area contributed by atoms with Crippen molar-refractivity contribution < 1.29 is 4.79 Å². The maximum atomic E-state index is 12.5. The van der Waals surface area contributed by atoms with Crippen molar-refractivity contribution in [3.8, 4) is 6.07 Å². The van der Waals surface area contributed by atoms with Crippen molar-refractivity contribution in [3.63, 3.8) is 0 Å². The first-order chi connectivity index (χ1) is 13.0. The monoisotopic (exact) mass is 359 g/mol. The van der Waals surface area contributed by atoms with Crippen molar-refractivity contribution in [2.75, 3.05) is 10.6 Å². The zero-order valence-electron chi connectivity index (χ0n) is 14.8. The van der Waals surface area contributed by atoms with Crippen molar-refractivity contribution in [3.05, 3.63) is 71.2 Å². The fourth-order valence-corrected chi connectivity index (χ4v) is 2.58. The van der Waals surface area contributed by atoms with Crippen LogP contribution in [-0.2, 0) is 0 Å². The molecule has 0 spiro atoms. The van der Waals surface area contributed by atoms with Crippen LogP contribution in [0.5, 0.6) is 0 Å². The Morgan fingerprint density at radius 2 is 1.93 bits per heavy atom. The third kappa shape index (κ3) is 4.55. The van der Waals surface area contributed by atoms with Crippen molar-refractivity contribution in [1.29, 1.82) is 5.26 Å². The zero-order chi connectivity index (χ0) is 19.2. The summed E-state index contributed by atoms with van der Waals surface area (Å²) in [6.45, 7) is 3.96. The first kappa shape index (κ1) is 17.8. The minimum Gasteiger partial charge on any atom is -0.360 e. The van der Waals surface area contributed by atoms with Crippen LogP contribution in [0.2, 0.25) is 0 Å². The molecule has 0 aliphatic heterocycles. The van der Waals surface area contributed by atoms with Gasteiger partial charge in [-0.1, -0.05) is 12.1 Å². The third-order valence-corrected chi connectivity index (χ3v) is 3.69. The van der Waals surface area contributed by atoms with Crippen molar-refractivity contribution >= 4 is 22.9 Å². The molecule has 3 rings (SSSR count). The second kappa shape index (κ2) is 7.93. The quantitative estimate of drug-likeness (QED) is 0.602. The number of H-pyrrole nitrogens is 1. The summed E-state index contributed by atoms with van der Waals surface area (Å²) in [6, 6.07) is 14.8. The van der Waals surface area contributed by atoms with Gasteiger partial charge in [0.25, 0.3) is 5.91 Å². The second-order valence-corrected chi connectivity index (χ2v) is 5.96. The highest BCUT2D eigenvalue weighted by molar-refractivity contribution is 6.04. The van der Waals surface area contributed by atoms with Gasteiger partial charge in [0.05, 0.1) is 0 Å². The Morgan fingerprint density at radius 3 is 2.59 bits per heavy atom. The molecule has 0 bridgehead atoms. The number of rotatable bonds is 5. The number of benzene rings is 2. The van der Waals surface area contributed by atoms with Crippen LogP contribution in [0.1, 0.15) is 27.3 Å². The maximum absolute atomic E-state index is 12.5. The van der Waals surface area contributed by atoms with Gasteiger partial charge >= 0.3 is 0 Å². The highest BCUT2D eigenvalue weighted by atomic mass is 16.1. The maximum Gasteiger partial charge on any atom is 0.255 e. The fraction of sp³-hybridized carbons (Fsp3) is 0.105. The van der Waals surface area contributed by atoms with Gasteiger partial charge in [-0.2, -0.15) is 10.5 Å². The molecule has 3 N–H and O–H groups in total. The number of aromatic nitrogens is 4. The summed E-state index contributed by atoms with van der Waals surface area (Å²) in [7, 11) is 0. The predicted molar refractivity (Wildman–Crippen MR) is 102 cm³/mol. The van der Waals surface area contributed by atoms with E-state index in [9.17, 15) is 10.1 Å². The van der Waals surface area contributed by atoms with E-state index < -0.39 is 0 Å². The highest BCUT2D eigenvalue weighted by Crippen LogP contribution is 2.17. The van der Waals surface area contributed by atoms with E-state index in [0.717, 1.165) is 16.8 Å². The molecular weight excluding hydrogens is 342 g/mol. The van der Waals surface area contributed by atoms with Gasteiger partial charge in [-0.3, -0.25) is 4.79 Å². The molecule has 0 aliphatic rings. The lowest BCUT2D eigenvalue weighted by Gasteiger charge is -2.09. The van der Waals surface area contributed by atoms with E-state index >= 15 is 0 Å².